The summed E-state index contributed by atoms with van der Waals surface area (Å²) in [4.78, 5) is 0. The minimum absolute atomic E-state index is 0.154. The zero-order valence-corrected chi connectivity index (χ0v) is 7.17. The van der Waals surface area contributed by atoms with E-state index in [2.05, 4.69) is 30.4 Å². The highest BCUT2D eigenvalue weighted by atomic mass is 16.3. The molecule has 1 aliphatic heterocycles. The molecule has 0 saturated heterocycles. The molecule has 2 rings (SSSR count). The van der Waals surface area contributed by atoms with Gasteiger partial charge in [0, 0.05) is 6.54 Å². The summed E-state index contributed by atoms with van der Waals surface area (Å²) >= 11 is 0. The van der Waals surface area contributed by atoms with Gasteiger partial charge in [-0.15, -0.1) is 0 Å². The van der Waals surface area contributed by atoms with E-state index in [-0.39, 0.29) is 12.6 Å². The zero-order valence-electron chi connectivity index (χ0n) is 7.17. The molecule has 0 aliphatic carbocycles. The van der Waals surface area contributed by atoms with Crippen LogP contribution in [0.2, 0.25) is 0 Å². The molecule has 0 bridgehead atoms. The molecule has 64 valence electrons. The van der Waals surface area contributed by atoms with Crippen LogP contribution in [0.3, 0.4) is 0 Å². The molecule has 2 heteroatoms. The molecule has 0 radical (unpaired) electrons. The molecule has 1 aliphatic rings. The Balaban J connectivity index is 2.48. The number of nitrogens with one attached hydrogen (secondary N) is 1. The van der Waals surface area contributed by atoms with E-state index in [9.17, 15) is 0 Å². The first kappa shape index (κ1) is 7.77. The van der Waals surface area contributed by atoms with Gasteiger partial charge in [0.1, 0.15) is 0 Å². The monoisotopic (exact) mass is 163 g/mol. The number of hydrogen-bond donors (Lipinski definition) is 2. The van der Waals surface area contributed by atoms with E-state index in [0.29, 0.717) is 0 Å². The van der Waals surface area contributed by atoms with E-state index in [0.717, 1.165) is 6.54 Å². The zero-order chi connectivity index (χ0) is 8.55. The van der Waals surface area contributed by atoms with Crippen molar-refractivity contribution in [3.8, 4) is 0 Å². The summed E-state index contributed by atoms with van der Waals surface area (Å²) in [7, 11) is 0. The minimum atomic E-state index is 0.154. The molecule has 12 heavy (non-hydrogen) atoms. The highest BCUT2D eigenvalue weighted by Gasteiger charge is 2.21. The van der Waals surface area contributed by atoms with Crippen molar-refractivity contribution in [1.82, 2.24) is 5.32 Å². The molecular formula is C10H13NO. The first-order valence-electron chi connectivity index (χ1n) is 4.25. The molecule has 1 aromatic rings. The molecule has 2 N–H and O–H groups in total. The van der Waals surface area contributed by atoms with Crippen LogP contribution in [0.1, 0.15) is 22.7 Å². The second-order valence-electron chi connectivity index (χ2n) is 3.26. The molecule has 0 fully saturated rings. The number of aliphatic hydroxyl groups excluding tert-OH is 1. The number of hydrogen-bond acceptors (Lipinski definition) is 2. The van der Waals surface area contributed by atoms with Gasteiger partial charge in [0.2, 0.25) is 0 Å². The summed E-state index contributed by atoms with van der Waals surface area (Å²) < 4.78 is 0. The molecule has 2 nitrogen and oxygen atoms in total. The first-order chi connectivity index (χ1) is 5.83. The number of benzene rings is 1. The van der Waals surface area contributed by atoms with Gasteiger partial charge in [0.25, 0.3) is 0 Å². The van der Waals surface area contributed by atoms with Crippen molar-refractivity contribution >= 4 is 0 Å². The smallest absolute Gasteiger partial charge is 0.0626 e. The Morgan fingerprint density at radius 3 is 3.17 bits per heavy atom. The third-order valence-electron chi connectivity index (χ3n) is 2.48. The van der Waals surface area contributed by atoms with E-state index in [1.165, 1.54) is 16.7 Å². The first-order valence-corrected chi connectivity index (χ1v) is 4.25. The van der Waals surface area contributed by atoms with Crippen LogP contribution >= 0.6 is 0 Å². The number of aryl methyl sites for hydroxylation is 1. The fourth-order valence-corrected chi connectivity index (χ4v) is 1.89. The normalized spacial score (nSPS) is 21.0. The fraction of sp³-hybridized carbons (Fsp3) is 0.400. The van der Waals surface area contributed by atoms with E-state index in [1.54, 1.807) is 0 Å². The van der Waals surface area contributed by atoms with Crippen LogP contribution < -0.4 is 5.32 Å². The predicted molar refractivity (Wildman–Crippen MR) is 47.8 cm³/mol. The van der Waals surface area contributed by atoms with E-state index in [1.807, 2.05) is 0 Å². The third-order valence-corrected chi connectivity index (χ3v) is 2.48. The van der Waals surface area contributed by atoms with Gasteiger partial charge in [-0.1, -0.05) is 18.2 Å². The van der Waals surface area contributed by atoms with Crippen molar-refractivity contribution in [2.75, 3.05) is 6.61 Å². The predicted octanol–water partition coefficient (Wildman–Crippen LogP) is 1.13. The van der Waals surface area contributed by atoms with Gasteiger partial charge in [-0.25, -0.2) is 0 Å². The molecule has 0 aromatic heterocycles. The summed E-state index contributed by atoms with van der Waals surface area (Å²) in [5.74, 6) is 0. The average molecular weight is 163 g/mol. The van der Waals surface area contributed by atoms with E-state index in [4.69, 9.17) is 5.11 Å². The van der Waals surface area contributed by atoms with Crippen molar-refractivity contribution in [3.63, 3.8) is 0 Å². The van der Waals surface area contributed by atoms with Crippen LogP contribution in [0, 0.1) is 6.92 Å². The Bertz CT molecular complexity index is 296. The van der Waals surface area contributed by atoms with Crippen LogP contribution in [0.15, 0.2) is 18.2 Å². The average Bonchev–Trinajstić information content (AvgIpc) is 2.49. The Hall–Kier alpha value is -0.860. The lowest BCUT2D eigenvalue weighted by molar-refractivity contribution is 0.251. The number of rotatable bonds is 1. The maximum absolute atomic E-state index is 9.07. The SMILES string of the molecule is Cc1cccc2c1[C@H](CO)NC2. The number of aliphatic hydroxyl groups is 1. The molecule has 1 atom stereocenters. The molecule has 0 spiro atoms. The highest BCUT2D eigenvalue weighted by Crippen LogP contribution is 2.27. The van der Waals surface area contributed by atoms with Gasteiger partial charge in [0.05, 0.1) is 12.6 Å². The Kier molecular flexibility index (Phi) is 1.87. The van der Waals surface area contributed by atoms with E-state index >= 15 is 0 Å². The van der Waals surface area contributed by atoms with Crippen molar-refractivity contribution in [2.24, 2.45) is 0 Å². The van der Waals surface area contributed by atoms with Crippen molar-refractivity contribution in [2.45, 2.75) is 19.5 Å². The van der Waals surface area contributed by atoms with Gasteiger partial charge in [-0.2, -0.15) is 0 Å². The van der Waals surface area contributed by atoms with Gasteiger partial charge in [-0.05, 0) is 23.6 Å². The largest absolute Gasteiger partial charge is 0.394 e. The maximum atomic E-state index is 9.07. The van der Waals surface area contributed by atoms with Crippen LogP contribution in [0.25, 0.3) is 0 Å². The third kappa shape index (κ3) is 1.04. The van der Waals surface area contributed by atoms with Crippen molar-refractivity contribution in [3.05, 3.63) is 34.9 Å². The van der Waals surface area contributed by atoms with Crippen molar-refractivity contribution < 1.29 is 5.11 Å². The molecule has 0 amide bonds. The van der Waals surface area contributed by atoms with Gasteiger partial charge in [0.15, 0.2) is 0 Å². The summed E-state index contributed by atoms with van der Waals surface area (Å²) in [5, 5.41) is 12.3. The van der Waals surface area contributed by atoms with Gasteiger partial charge >= 0.3 is 0 Å². The molecule has 1 heterocycles. The molecule has 0 unspecified atom stereocenters. The highest BCUT2D eigenvalue weighted by molar-refractivity contribution is 5.40. The summed E-state index contributed by atoms with van der Waals surface area (Å²) in [6.45, 7) is 3.18. The Labute approximate surface area is 72.2 Å². The molecule has 1 aromatic carbocycles. The van der Waals surface area contributed by atoms with Gasteiger partial charge in [-0.3, -0.25) is 0 Å². The summed E-state index contributed by atoms with van der Waals surface area (Å²) in [6.07, 6.45) is 0. The Morgan fingerprint density at radius 2 is 2.42 bits per heavy atom. The van der Waals surface area contributed by atoms with E-state index < -0.39 is 0 Å². The maximum Gasteiger partial charge on any atom is 0.0626 e. The lowest BCUT2D eigenvalue weighted by Crippen LogP contribution is -2.16. The van der Waals surface area contributed by atoms with Crippen molar-refractivity contribution in [1.29, 1.82) is 0 Å². The number of fused-ring (bicyclic) bond motifs is 1. The lowest BCUT2D eigenvalue weighted by atomic mass is 10.00. The van der Waals surface area contributed by atoms with Crippen LogP contribution in [-0.2, 0) is 6.54 Å². The van der Waals surface area contributed by atoms with Gasteiger partial charge < -0.3 is 10.4 Å². The van der Waals surface area contributed by atoms with Crippen LogP contribution in [-0.4, -0.2) is 11.7 Å². The van der Waals surface area contributed by atoms with Crippen LogP contribution in [0.5, 0.6) is 0 Å². The minimum Gasteiger partial charge on any atom is -0.394 e. The topological polar surface area (TPSA) is 32.3 Å². The molecule has 0 saturated carbocycles. The standard InChI is InChI=1S/C10H13NO/c1-7-3-2-4-8-5-11-9(6-12)10(7)8/h2-4,9,11-12H,5-6H2,1H3/t9-/m0/s1. The second kappa shape index (κ2) is 2.88. The second-order valence-corrected chi connectivity index (χ2v) is 3.26. The molecular weight excluding hydrogens is 150 g/mol. The fourth-order valence-electron chi connectivity index (χ4n) is 1.89. The lowest BCUT2D eigenvalue weighted by Gasteiger charge is -2.10. The summed E-state index contributed by atoms with van der Waals surface area (Å²) in [5.41, 5.74) is 3.89. The summed E-state index contributed by atoms with van der Waals surface area (Å²) in [6, 6.07) is 6.43. The Morgan fingerprint density at radius 1 is 1.58 bits per heavy atom. The quantitative estimate of drug-likeness (QED) is 0.650. The van der Waals surface area contributed by atoms with Crippen LogP contribution in [0.4, 0.5) is 0 Å².